The van der Waals surface area contributed by atoms with Crippen LogP contribution in [0.15, 0.2) is 17.3 Å². The Bertz CT molecular complexity index is 540. The molecule has 8 nitrogen and oxygen atoms in total. The number of aryl methyl sites for hydroxylation is 1. The minimum Gasteiger partial charge on any atom is -0.481 e. The second-order valence-corrected chi connectivity index (χ2v) is 5.98. The zero-order valence-corrected chi connectivity index (χ0v) is 12.3. The molecular weight excluding hydrogens is 286 g/mol. The zero-order valence-electron chi connectivity index (χ0n) is 11.4. The highest BCUT2D eigenvalue weighted by Gasteiger charge is 2.20. The van der Waals surface area contributed by atoms with Gasteiger partial charge in [-0.15, -0.1) is 0 Å². The molecule has 0 bridgehead atoms. The summed E-state index contributed by atoms with van der Waals surface area (Å²) < 4.78 is 32.9. The number of hydrogen-bond donors (Lipinski definition) is 2. The molecule has 20 heavy (non-hydrogen) atoms. The highest BCUT2D eigenvalue weighted by atomic mass is 32.2. The van der Waals surface area contributed by atoms with Gasteiger partial charge in [-0.3, -0.25) is 9.48 Å². The third-order valence-electron chi connectivity index (χ3n) is 2.66. The van der Waals surface area contributed by atoms with Crippen LogP contribution in [0.5, 0.6) is 0 Å². The molecule has 1 heterocycles. The maximum absolute atomic E-state index is 12.1. The lowest BCUT2D eigenvalue weighted by Crippen LogP contribution is -2.37. The number of nitrogens with zero attached hydrogens (tertiary/aromatic N) is 2. The summed E-state index contributed by atoms with van der Waals surface area (Å²) in [6.07, 6.45) is 2.99. The summed E-state index contributed by atoms with van der Waals surface area (Å²) in [5, 5.41) is 12.4. The second-order valence-electron chi connectivity index (χ2n) is 4.26. The Morgan fingerprint density at radius 2 is 2.30 bits per heavy atom. The first kappa shape index (κ1) is 16.6. The molecule has 0 fully saturated rings. The predicted octanol–water partition coefficient (Wildman–Crippen LogP) is 0.0611. The van der Waals surface area contributed by atoms with Crippen molar-refractivity contribution in [2.24, 2.45) is 0 Å². The third-order valence-corrected chi connectivity index (χ3v) is 4.13. The summed E-state index contributed by atoms with van der Waals surface area (Å²) >= 11 is 0. The summed E-state index contributed by atoms with van der Waals surface area (Å²) in [5.74, 6) is -0.964. The van der Waals surface area contributed by atoms with Gasteiger partial charge >= 0.3 is 5.97 Å². The molecule has 1 aromatic rings. The van der Waals surface area contributed by atoms with Crippen LogP contribution in [0.1, 0.15) is 19.8 Å². The van der Waals surface area contributed by atoms with Gasteiger partial charge in [0.1, 0.15) is 4.90 Å². The number of ether oxygens (including phenoxy) is 1. The average Bonchev–Trinajstić information content (AvgIpc) is 2.85. The Hall–Kier alpha value is -1.45. The van der Waals surface area contributed by atoms with Crippen LogP contribution >= 0.6 is 0 Å². The Labute approximate surface area is 117 Å². The average molecular weight is 305 g/mol. The van der Waals surface area contributed by atoms with E-state index in [1.54, 1.807) is 0 Å². The first-order chi connectivity index (χ1) is 9.39. The summed E-state index contributed by atoms with van der Waals surface area (Å²) in [6, 6.07) is -0.313. The van der Waals surface area contributed by atoms with Gasteiger partial charge in [0.05, 0.1) is 25.8 Å². The maximum Gasteiger partial charge on any atom is 0.305 e. The molecule has 0 aliphatic carbocycles. The van der Waals surface area contributed by atoms with E-state index >= 15 is 0 Å². The van der Waals surface area contributed by atoms with E-state index in [1.165, 1.54) is 24.2 Å². The normalized spacial score (nSPS) is 13.3. The van der Waals surface area contributed by atoms with E-state index in [1.807, 2.05) is 6.92 Å². The molecule has 1 atom stereocenters. The number of carboxylic acid groups (broad SMARTS) is 1. The number of hydrogen-bond acceptors (Lipinski definition) is 5. The molecule has 0 radical (unpaired) electrons. The lowest BCUT2D eigenvalue weighted by Gasteiger charge is -2.15. The summed E-state index contributed by atoms with van der Waals surface area (Å²) in [6.45, 7) is 2.26. The molecule has 0 aliphatic heterocycles. The first-order valence-electron chi connectivity index (χ1n) is 6.14. The molecule has 2 N–H and O–H groups in total. The zero-order chi connectivity index (χ0) is 15.2. The molecule has 0 saturated carbocycles. The molecule has 0 saturated heterocycles. The fourth-order valence-corrected chi connectivity index (χ4v) is 2.80. The lowest BCUT2D eigenvalue weighted by atomic mass is 10.3. The van der Waals surface area contributed by atoms with Gasteiger partial charge in [-0.1, -0.05) is 6.92 Å². The van der Waals surface area contributed by atoms with Gasteiger partial charge in [-0.25, -0.2) is 13.1 Å². The van der Waals surface area contributed by atoms with Crippen LogP contribution in [0.2, 0.25) is 0 Å². The Balaban J connectivity index is 2.74. The van der Waals surface area contributed by atoms with E-state index in [4.69, 9.17) is 9.84 Å². The van der Waals surface area contributed by atoms with E-state index in [0.717, 1.165) is 0 Å². The molecule has 0 amide bonds. The summed E-state index contributed by atoms with van der Waals surface area (Å²) in [7, 11) is -2.17. The minimum absolute atomic E-state index is 0.0115. The summed E-state index contributed by atoms with van der Waals surface area (Å²) in [5.41, 5.74) is 0. The molecule has 0 spiro atoms. The molecular formula is C11H19N3O5S. The highest BCUT2D eigenvalue weighted by Crippen LogP contribution is 2.09. The SMILES string of the molecule is CCC(COC)NS(=O)(=O)c1cnn(CCC(=O)O)c1. The van der Waals surface area contributed by atoms with Crippen molar-refractivity contribution >= 4 is 16.0 Å². The van der Waals surface area contributed by atoms with Crippen LogP contribution < -0.4 is 4.72 Å². The van der Waals surface area contributed by atoms with Crippen LogP contribution in [0.3, 0.4) is 0 Å². The number of aromatic nitrogens is 2. The number of rotatable bonds is 9. The van der Waals surface area contributed by atoms with E-state index in [0.29, 0.717) is 6.42 Å². The number of sulfonamides is 1. The largest absolute Gasteiger partial charge is 0.481 e. The van der Waals surface area contributed by atoms with E-state index in [2.05, 4.69) is 9.82 Å². The topological polar surface area (TPSA) is 111 Å². The first-order valence-corrected chi connectivity index (χ1v) is 7.63. The van der Waals surface area contributed by atoms with Gasteiger partial charge in [0, 0.05) is 19.3 Å². The molecule has 1 unspecified atom stereocenters. The standard InChI is InChI=1S/C11H19N3O5S/c1-3-9(8-19-2)13-20(17,18)10-6-12-14(7-10)5-4-11(15)16/h6-7,9,13H,3-5,8H2,1-2H3,(H,15,16). The van der Waals surface area contributed by atoms with Crippen molar-refractivity contribution in [2.45, 2.75) is 37.2 Å². The molecule has 1 rings (SSSR count). The van der Waals surface area contributed by atoms with Crippen LogP contribution in [-0.2, 0) is 26.1 Å². The number of nitrogens with one attached hydrogen (secondary N) is 1. The molecule has 114 valence electrons. The predicted molar refractivity (Wildman–Crippen MR) is 70.8 cm³/mol. The van der Waals surface area contributed by atoms with Crippen molar-refractivity contribution in [1.82, 2.24) is 14.5 Å². The fourth-order valence-electron chi connectivity index (χ4n) is 1.54. The van der Waals surface area contributed by atoms with Gasteiger partial charge < -0.3 is 9.84 Å². The fraction of sp³-hybridized carbons (Fsp3) is 0.636. The smallest absolute Gasteiger partial charge is 0.305 e. The number of methoxy groups -OCH3 is 1. The van der Waals surface area contributed by atoms with Crippen LogP contribution in [0.25, 0.3) is 0 Å². The number of carboxylic acids is 1. The van der Waals surface area contributed by atoms with Crippen molar-refractivity contribution in [3.05, 3.63) is 12.4 Å². The summed E-state index contributed by atoms with van der Waals surface area (Å²) in [4.78, 5) is 10.5. The molecule has 1 aromatic heterocycles. The molecule has 0 aliphatic rings. The third kappa shape index (κ3) is 4.91. The Morgan fingerprint density at radius 1 is 1.60 bits per heavy atom. The van der Waals surface area contributed by atoms with Gasteiger partial charge in [0.15, 0.2) is 0 Å². The highest BCUT2D eigenvalue weighted by molar-refractivity contribution is 7.89. The van der Waals surface area contributed by atoms with E-state index in [-0.39, 0.29) is 30.5 Å². The number of aliphatic carboxylic acids is 1. The molecule has 0 aromatic carbocycles. The van der Waals surface area contributed by atoms with Crippen molar-refractivity contribution in [2.75, 3.05) is 13.7 Å². The lowest BCUT2D eigenvalue weighted by molar-refractivity contribution is -0.137. The quantitative estimate of drug-likeness (QED) is 0.667. The Morgan fingerprint density at radius 3 is 2.85 bits per heavy atom. The maximum atomic E-state index is 12.1. The van der Waals surface area contributed by atoms with Gasteiger partial charge in [0.25, 0.3) is 0 Å². The van der Waals surface area contributed by atoms with Gasteiger partial charge in [0.2, 0.25) is 10.0 Å². The van der Waals surface area contributed by atoms with Crippen molar-refractivity contribution < 1.29 is 23.1 Å². The van der Waals surface area contributed by atoms with Crippen molar-refractivity contribution in [3.8, 4) is 0 Å². The van der Waals surface area contributed by atoms with Gasteiger partial charge in [-0.05, 0) is 6.42 Å². The van der Waals surface area contributed by atoms with Gasteiger partial charge in [-0.2, -0.15) is 5.10 Å². The van der Waals surface area contributed by atoms with E-state index < -0.39 is 16.0 Å². The number of carbonyl (C=O) groups is 1. The van der Waals surface area contributed by atoms with Crippen LogP contribution in [0, 0.1) is 0 Å². The second kappa shape index (κ2) is 7.36. The van der Waals surface area contributed by atoms with E-state index in [9.17, 15) is 13.2 Å². The van der Waals surface area contributed by atoms with Crippen LogP contribution in [-0.4, -0.2) is 49.0 Å². The minimum atomic E-state index is -3.67. The van der Waals surface area contributed by atoms with Crippen LogP contribution in [0.4, 0.5) is 0 Å². The van der Waals surface area contributed by atoms with Crippen molar-refractivity contribution in [3.63, 3.8) is 0 Å². The Kier molecular flexibility index (Phi) is 6.11. The monoisotopic (exact) mass is 305 g/mol. The van der Waals surface area contributed by atoms with Crippen molar-refractivity contribution in [1.29, 1.82) is 0 Å². The molecule has 9 heteroatoms.